The fraction of sp³-hybridized carbons (Fsp3) is 0.259. The van der Waals surface area contributed by atoms with Crippen molar-refractivity contribution in [1.29, 1.82) is 0 Å². The van der Waals surface area contributed by atoms with Crippen molar-refractivity contribution in [2.45, 2.75) is 19.6 Å². The summed E-state index contributed by atoms with van der Waals surface area (Å²) < 4.78 is 5.92. The second kappa shape index (κ2) is 14.2. The minimum Gasteiger partial charge on any atom is -0.489 e. The van der Waals surface area contributed by atoms with Gasteiger partial charge in [0.05, 0.1) is 0 Å². The molecule has 3 aromatic carbocycles. The summed E-state index contributed by atoms with van der Waals surface area (Å²) in [7, 11) is 5.28. The van der Waals surface area contributed by atoms with Crippen LogP contribution >= 0.6 is 24.0 Å². The zero-order valence-corrected chi connectivity index (χ0v) is 22.3. The molecule has 3 aromatic rings. The van der Waals surface area contributed by atoms with Gasteiger partial charge in [-0.2, -0.15) is 0 Å². The smallest absolute Gasteiger partial charge is 0.253 e. The third-order valence-corrected chi connectivity index (χ3v) is 5.12. The molecule has 0 radical (unpaired) electrons. The van der Waals surface area contributed by atoms with Gasteiger partial charge in [0.2, 0.25) is 0 Å². The van der Waals surface area contributed by atoms with E-state index in [2.05, 4.69) is 33.8 Å². The van der Waals surface area contributed by atoms with Gasteiger partial charge in [0.1, 0.15) is 12.4 Å². The van der Waals surface area contributed by atoms with E-state index in [0.29, 0.717) is 25.3 Å². The van der Waals surface area contributed by atoms with E-state index in [-0.39, 0.29) is 29.9 Å². The van der Waals surface area contributed by atoms with E-state index >= 15 is 0 Å². The lowest BCUT2D eigenvalue weighted by Gasteiger charge is -2.14. The maximum atomic E-state index is 12.2. The Morgan fingerprint density at radius 1 is 0.882 bits per heavy atom. The molecule has 0 fully saturated rings. The molecule has 0 aliphatic heterocycles. The van der Waals surface area contributed by atoms with E-state index in [4.69, 9.17) is 4.74 Å². The molecule has 0 aliphatic rings. The topological polar surface area (TPSA) is 66.0 Å². The Morgan fingerprint density at radius 3 is 2.32 bits per heavy atom. The van der Waals surface area contributed by atoms with Crippen LogP contribution in [0.25, 0.3) is 0 Å². The fourth-order valence-electron chi connectivity index (χ4n) is 3.34. The predicted octanol–water partition coefficient (Wildman–Crippen LogP) is 4.49. The Hall–Kier alpha value is -3.07. The van der Waals surface area contributed by atoms with Crippen molar-refractivity contribution >= 4 is 35.8 Å². The molecule has 3 rings (SSSR count). The van der Waals surface area contributed by atoms with Crippen molar-refractivity contribution in [3.05, 3.63) is 101 Å². The summed E-state index contributed by atoms with van der Waals surface area (Å²) in [5.74, 6) is 1.58. The van der Waals surface area contributed by atoms with Crippen molar-refractivity contribution in [3.63, 3.8) is 0 Å². The molecule has 1 amide bonds. The van der Waals surface area contributed by atoms with Crippen LogP contribution in [0, 0.1) is 0 Å². The monoisotopic (exact) mass is 572 g/mol. The largest absolute Gasteiger partial charge is 0.489 e. The maximum absolute atomic E-state index is 12.2. The van der Waals surface area contributed by atoms with Gasteiger partial charge in [0.15, 0.2) is 5.96 Å². The number of nitrogens with one attached hydrogen (secondary N) is 2. The Bertz CT molecular complexity index is 1070. The summed E-state index contributed by atoms with van der Waals surface area (Å²) in [6.45, 7) is 1.89. The number of rotatable bonds is 9. The summed E-state index contributed by atoms with van der Waals surface area (Å²) in [6, 6.07) is 25.9. The lowest BCUT2D eigenvalue weighted by atomic mass is 10.1. The number of carbonyl (C=O) groups excluding carboxylic acids is 1. The summed E-state index contributed by atoms with van der Waals surface area (Å²) in [5.41, 5.74) is 4.06. The molecule has 7 heteroatoms. The first-order valence-electron chi connectivity index (χ1n) is 11.1. The quantitative estimate of drug-likeness (QED) is 0.225. The number of benzene rings is 3. The summed E-state index contributed by atoms with van der Waals surface area (Å²) in [4.78, 5) is 18.0. The van der Waals surface area contributed by atoms with Crippen molar-refractivity contribution in [2.24, 2.45) is 4.99 Å². The van der Waals surface area contributed by atoms with Gasteiger partial charge in [-0.3, -0.25) is 9.79 Å². The minimum absolute atomic E-state index is 0. The number of guanidine groups is 1. The molecule has 0 aliphatic carbocycles. The van der Waals surface area contributed by atoms with Crippen LogP contribution in [0.15, 0.2) is 83.9 Å². The van der Waals surface area contributed by atoms with Crippen molar-refractivity contribution in [1.82, 2.24) is 15.5 Å². The number of hydrogen-bond acceptors (Lipinski definition) is 3. The van der Waals surface area contributed by atoms with Crippen LogP contribution in [0.2, 0.25) is 0 Å². The normalized spacial score (nSPS) is 10.7. The molecular formula is C27H33IN4O2. The average Bonchev–Trinajstić information content (AvgIpc) is 2.85. The predicted molar refractivity (Wildman–Crippen MR) is 149 cm³/mol. The van der Waals surface area contributed by atoms with E-state index in [1.54, 1.807) is 26.0 Å². The Balaban J connectivity index is 0.00000408. The van der Waals surface area contributed by atoms with Gasteiger partial charge >= 0.3 is 0 Å². The van der Waals surface area contributed by atoms with Crippen LogP contribution in [0.5, 0.6) is 5.75 Å². The molecule has 0 atom stereocenters. The second-order valence-electron chi connectivity index (χ2n) is 7.92. The molecule has 0 spiro atoms. The first-order valence-corrected chi connectivity index (χ1v) is 11.1. The van der Waals surface area contributed by atoms with Crippen LogP contribution in [0.1, 0.15) is 27.0 Å². The number of halogens is 1. The van der Waals surface area contributed by atoms with Gasteiger partial charge in [-0.15, -0.1) is 24.0 Å². The summed E-state index contributed by atoms with van der Waals surface area (Å²) in [6.07, 6.45) is 0.790. The van der Waals surface area contributed by atoms with Crippen LogP contribution in [-0.4, -0.2) is 44.5 Å². The molecule has 6 nitrogen and oxygen atoms in total. The highest BCUT2D eigenvalue weighted by molar-refractivity contribution is 14.0. The zero-order valence-electron chi connectivity index (χ0n) is 20.0. The van der Waals surface area contributed by atoms with Gasteiger partial charge in [-0.1, -0.05) is 54.6 Å². The van der Waals surface area contributed by atoms with E-state index < -0.39 is 0 Å². The third-order valence-electron chi connectivity index (χ3n) is 5.12. The van der Waals surface area contributed by atoms with Crippen LogP contribution in [-0.2, 0) is 19.6 Å². The van der Waals surface area contributed by atoms with Gasteiger partial charge in [-0.25, -0.2) is 0 Å². The van der Waals surface area contributed by atoms with Crippen LogP contribution < -0.4 is 15.4 Å². The molecule has 34 heavy (non-hydrogen) atoms. The number of amides is 1. The van der Waals surface area contributed by atoms with E-state index in [9.17, 15) is 4.79 Å². The molecule has 0 aromatic heterocycles. The first kappa shape index (κ1) is 27.2. The second-order valence-corrected chi connectivity index (χ2v) is 7.92. The molecule has 0 unspecified atom stereocenters. The minimum atomic E-state index is 0. The molecular weight excluding hydrogens is 539 g/mol. The third kappa shape index (κ3) is 8.70. The van der Waals surface area contributed by atoms with Gasteiger partial charge in [0.25, 0.3) is 5.91 Å². The van der Waals surface area contributed by atoms with Gasteiger partial charge in [0, 0.05) is 39.8 Å². The lowest BCUT2D eigenvalue weighted by molar-refractivity contribution is 0.0827. The number of ether oxygens (including phenoxy) is 1. The highest BCUT2D eigenvalue weighted by Gasteiger charge is 2.08. The van der Waals surface area contributed by atoms with Crippen molar-refractivity contribution in [2.75, 3.05) is 27.7 Å². The van der Waals surface area contributed by atoms with E-state index in [1.165, 1.54) is 0 Å². The van der Waals surface area contributed by atoms with Crippen LogP contribution in [0.3, 0.4) is 0 Å². The van der Waals surface area contributed by atoms with Crippen molar-refractivity contribution in [3.8, 4) is 5.75 Å². The molecule has 0 bridgehead atoms. The Morgan fingerprint density at radius 2 is 1.59 bits per heavy atom. The van der Waals surface area contributed by atoms with E-state index in [1.807, 2.05) is 60.7 Å². The molecule has 2 N–H and O–H groups in total. The van der Waals surface area contributed by atoms with E-state index in [0.717, 1.165) is 34.8 Å². The van der Waals surface area contributed by atoms with Gasteiger partial charge < -0.3 is 20.3 Å². The van der Waals surface area contributed by atoms with Crippen LogP contribution in [0.4, 0.5) is 0 Å². The highest BCUT2D eigenvalue weighted by Crippen LogP contribution is 2.15. The number of nitrogens with zero attached hydrogens (tertiary/aromatic N) is 2. The fourth-order valence-corrected chi connectivity index (χ4v) is 3.34. The standard InChI is InChI=1S/C27H32N4O2.HI/c1-28-27(29-16-15-21-11-7-13-24(17-21)26(32)31(2)3)30-19-23-12-8-14-25(18-23)33-20-22-9-5-4-6-10-22;/h4-14,17-18H,15-16,19-20H2,1-3H3,(H2,28,29,30);1H. The lowest BCUT2D eigenvalue weighted by Crippen LogP contribution is -2.37. The molecule has 0 heterocycles. The maximum Gasteiger partial charge on any atom is 0.253 e. The number of aliphatic imine (C=N–C) groups is 1. The zero-order chi connectivity index (χ0) is 23.5. The highest BCUT2D eigenvalue weighted by atomic mass is 127. The van der Waals surface area contributed by atoms with Crippen molar-refractivity contribution < 1.29 is 9.53 Å². The number of carbonyl (C=O) groups is 1. The molecule has 180 valence electrons. The summed E-state index contributed by atoms with van der Waals surface area (Å²) >= 11 is 0. The average molecular weight is 572 g/mol. The Labute approximate surface area is 219 Å². The van der Waals surface area contributed by atoms with Gasteiger partial charge in [-0.05, 0) is 47.4 Å². The Kier molecular flexibility index (Phi) is 11.4. The first-order chi connectivity index (χ1) is 16.0. The number of hydrogen-bond donors (Lipinski definition) is 2. The summed E-state index contributed by atoms with van der Waals surface area (Å²) in [5, 5.41) is 6.67. The molecule has 0 saturated heterocycles. The molecule has 0 saturated carbocycles. The SMILES string of the molecule is CN=C(NCCc1cccc(C(=O)N(C)C)c1)NCc1cccc(OCc2ccccc2)c1.I.